The number of aliphatic hydroxyl groups excluding tert-OH is 4. The van der Waals surface area contributed by atoms with E-state index < -0.39 is 58.9 Å². The summed E-state index contributed by atoms with van der Waals surface area (Å²) in [7, 11) is 0. The average molecular weight is 660 g/mol. The molecule has 1 saturated heterocycles. The van der Waals surface area contributed by atoms with Crippen LogP contribution in [0.5, 0.6) is 11.5 Å². The summed E-state index contributed by atoms with van der Waals surface area (Å²) in [6, 6.07) is 3.96. The van der Waals surface area contributed by atoms with Gasteiger partial charge in [-0.2, -0.15) is 0 Å². The quantitative estimate of drug-likeness (QED) is 0.0777. The molecule has 1 aliphatic carbocycles. The third kappa shape index (κ3) is 7.66. The van der Waals surface area contributed by atoms with Crippen LogP contribution < -0.4 is 0 Å². The van der Waals surface area contributed by atoms with Crippen LogP contribution in [0.2, 0.25) is 0 Å². The number of hydrogen-bond acceptors (Lipinski definition) is 11. The fourth-order valence-corrected chi connectivity index (χ4v) is 5.48. The summed E-state index contributed by atoms with van der Waals surface area (Å²) in [5, 5.41) is 61.1. The maximum atomic E-state index is 12.2. The minimum Gasteiger partial charge on any atom is -0.504 e. The number of carbonyl (C=O) groups excluding carboxylic acids is 2. The lowest BCUT2D eigenvalue weighted by molar-refractivity contribution is -0.317. The summed E-state index contributed by atoms with van der Waals surface area (Å²) in [6.45, 7) is 4.56. The molecule has 0 radical (unpaired) electrons. The van der Waals surface area contributed by atoms with Gasteiger partial charge in [0.2, 0.25) is 0 Å². The number of halogens is 1. The second kappa shape index (κ2) is 12.9. The van der Waals surface area contributed by atoms with Crippen molar-refractivity contribution in [2.45, 2.75) is 73.5 Å². The molecule has 0 spiro atoms. The molecule has 1 fully saturated rings. The van der Waals surface area contributed by atoms with Crippen molar-refractivity contribution < 1.29 is 54.4 Å². The number of phenols is 2. The number of benzene rings is 1. The molecule has 1 aromatic rings. The van der Waals surface area contributed by atoms with Crippen molar-refractivity contribution in [1.29, 1.82) is 0 Å². The summed E-state index contributed by atoms with van der Waals surface area (Å²) >= 11 is 2.19. The third-order valence-electron chi connectivity index (χ3n) is 6.63. The molecule has 2 aliphatic rings. The molecule has 1 heterocycles. The summed E-state index contributed by atoms with van der Waals surface area (Å²) in [5.41, 5.74) is 1.76. The first-order chi connectivity index (χ1) is 18.2. The Bertz CT molecular complexity index is 1160. The van der Waals surface area contributed by atoms with E-state index in [1.807, 2.05) is 6.92 Å². The summed E-state index contributed by atoms with van der Waals surface area (Å²) in [4.78, 5) is 23.6. The molecule has 39 heavy (non-hydrogen) atoms. The van der Waals surface area contributed by atoms with Gasteiger partial charge in [0, 0.05) is 9.50 Å². The smallest absolute Gasteiger partial charge is 0.330 e. The zero-order chi connectivity index (χ0) is 29.1. The lowest BCUT2D eigenvalue weighted by atomic mass is 9.80. The third-order valence-corrected chi connectivity index (χ3v) is 7.65. The van der Waals surface area contributed by atoms with Crippen LogP contribution in [0, 0.1) is 0 Å². The van der Waals surface area contributed by atoms with Crippen LogP contribution in [0.4, 0.5) is 0 Å². The standard InChI is InChI=1S/C27H33IO11/c1-13(29)4-7-16-14(2)22(33)19(11-27(16,3)28)38-26-25(36)24(35)23(34)20(39-26)12-37-21(32)9-6-15-5-8-17(30)18(31)10-15/h4-10,19-20,22-26,30-31,33-36H,11-12H2,1-3H3/b7-4+,9-6+/t19?,20?,22?,23-,24?,25+,26-,27+/m1/s1. The Labute approximate surface area is 239 Å². The summed E-state index contributed by atoms with van der Waals surface area (Å²) < 4.78 is 16.1. The van der Waals surface area contributed by atoms with E-state index in [4.69, 9.17) is 14.2 Å². The molecule has 4 unspecified atom stereocenters. The molecule has 1 aliphatic heterocycles. The normalized spacial score (nSPS) is 33.6. The number of phenolic OH excluding ortho intramolecular Hbond substituents is 2. The molecule has 3 rings (SSSR count). The molecular formula is C27H33IO11. The number of ketones is 1. The lowest BCUT2D eigenvalue weighted by Gasteiger charge is -2.44. The SMILES string of the molecule is CC(=O)/C=C/C1=C(C)C(O)C(O[C@@H]2OC(COC(=O)/C=C/c3ccc(O)c(O)c3)[C@@H](O)C(O)[C@@H]2O)C[C@]1(C)I. The highest BCUT2D eigenvalue weighted by molar-refractivity contribution is 14.1. The molecule has 6 N–H and O–H groups in total. The van der Waals surface area contributed by atoms with Gasteiger partial charge in [0.15, 0.2) is 23.6 Å². The van der Waals surface area contributed by atoms with Crippen LogP contribution >= 0.6 is 22.6 Å². The van der Waals surface area contributed by atoms with E-state index in [1.54, 1.807) is 13.0 Å². The van der Waals surface area contributed by atoms with Crippen LogP contribution in [0.3, 0.4) is 0 Å². The number of hydrogen-bond donors (Lipinski definition) is 6. The van der Waals surface area contributed by atoms with Gasteiger partial charge >= 0.3 is 5.97 Å². The molecule has 0 saturated carbocycles. The zero-order valence-electron chi connectivity index (χ0n) is 21.6. The van der Waals surface area contributed by atoms with Gasteiger partial charge < -0.3 is 44.8 Å². The fraction of sp³-hybridized carbons (Fsp3) is 0.481. The van der Waals surface area contributed by atoms with E-state index in [-0.39, 0.29) is 23.7 Å². The number of carbonyl (C=O) groups is 2. The predicted molar refractivity (Wildman–Crippen MR) is 147 cm³/mol. The number of esters is 1. The number of aromatic hydroxyl groups is 2. The van der Waals surface area contributed by atoms with Crippen LogP contribution in [0.1, 0.15) is 32.8 Å². The number of ether oxygens (including phenoxy) is 3. The molecule has 12 heteroatoms. The van der Waals surface area contributed by atoms with Crippen molar-refractivity contribution in [2.24, 2.45) is 0 Å². The Morgan fingerprint density at radius 1 is 1.08 bits per heavy atom. The van der Waals surface area contributed by atoms with Crippen LogP contribution in [-0.2, 0) is 23.8 Å². The second-order valence-electron chi connectivity index (χ2n) is 9.79. The summed E-state index contributed by atoms with van der Waals surface area (Å²) in [6.07, 6.45) is -3.80. The van der Waals surface area contributed by atoms with E-state index in [0.717, 1.165) is 11.6 Å². The highest BCUT2D eigenvalue weighted by Gasteiger charge is 2.48. The van der Waals surface area contributed by atoms with Gasteiger partial charge in [0.25, 0.3) is 0 Å². The minimum absolute atomic E-state index is 0.136. The van der Waals surface area contributed by atoms with Gasteiger partial charge in [-0.1, -0.05) is 34.7 Å². The predicted octanol–water partition coefficient (Wildman–Crippen LogP) is 1.27. The molecule has 214 valence electrons. The van der Waals surface area contributed by atoms with E-state index in [2.05, 4.69) is 22.6 Å². The average Bonchev–Trinajstić information content (AvgIpc) is 2.86. The van der Waals surface area contributed by atoms with Gasteiger partial charge in [-0.05, 0) is 68.2 Å². The molecule has 0 bridgehead atoms. The van der Waals surface area contributed by atoms with Crippen LogP contribution in [0.15, 0.2) is 47.6 Å². The monoisotopic (exact) mass is 660 g/mol. The van der Waals surface area contributed by atoms with Gasteiger partial charge in [0.05, 0.1) is 6.10 Å². The number of rotatable bonds is 8. The second-order valence-corrected chi connectivity index (χ2v) is 12.2. The van der Waals surface area contributed by atoms with E-state index in [9.17, 15) is 40.2 Å². The van der Waals surface area contributed by atoms with Crippen molar-refractivity contribution >= 4 is 40.4 Å². The van der Waals surface area contributed by atoms with Crippen molar-refractivity contribution in [1.82, 2.24) is 0 Å². The van der Waals surface area contributed by atoms with Gasteiger partial charge in [-0.3, -0.25) is 4.79 Å². The van der Waals surface area contributed by atoms with Crippen molar-refractivity contribution in [2.75, 3.05) is 6.61 Å². The molecule has 1 aromatic carbocycles. The molecule has 0 aromatic heterocycles. The van der Waals surface area contributed by atoms with Crippen LogP contribution in [0.25, 0.3) is 6.08 Å². The van der Waals surface area contributed by atoms with Crippen molar-refractivity contribution in [3.05, 3.63) is 53.1 Å². The van der Waals surface area contributed by atoms with Gasteiger partial charge in [-0.25, -0.2) is 4.79 Å². The zero-order valence-corrected chi connectivity index (χ0v) is 23.8. The maximum absolute atomic E-state index is 12.2. The Morgan fingerprint density at radius 3 is 2.41 bits per heavy atom. The Morgan fingerprint density at radius 2 is 1.77 bits per heavy atom. The number of alkyl halides is 1. The topological polar surface area (TPSA) is 183 Å². The Balaban J connectivity index is 1.66. The fourth-order valence-electron chi connectivity index (χ4n) is 4.44. The van der Waals surface area contributed by atoms with Crippen LogP contribution in [-0.4, -0.2) is 95.3 Å². The number of allylic oxidation sites excluding steroid dienone is 3. The van der Waals surface area contributed by atoms with E-state index >= 15 is 0 Å². The molecule has 0 amide bonds. The van der Waals surface area contributed by atoms with E-state index in [0.29, 0.717) is 11.1 Å². The van der Waals surface area contributed by atoms with E-state index in [1.165, 1.54) is 37.3 Å². The maximum Gasteiger partial charge on any atom is 0.330 e. The van der Waals surface area contributed by atoms with Gasteiger partial charge in [0.1, 0.15) is 37.1 Å². The highest BCUT2D eigenvalue weighted by Crippen LogP contribution is 2.43. The first kappa shape index (κ1) is 31.2. The first-order valence-corrected chi connectivity index (χ1v) is 13.3. The Hall–Kier alpha value is -2.33. The minimum atomic E-state index is -1.68. The highest BCUT2D eigenvalue weighted by atomic mass is 127. The molecular weight excluding hydrogens is 627 g/mol. The van der Waals surface area contributed by atoms with Crippen molar-refractivity contribution in [3.8, 4) is 11.5 Å². The molecule has 11 nitrogen and oxygen atoms in total. The first-order valence-electron chi connectivity index (χ1n) is 12.2. The number of aliphatic hydroxyl groups is 4. The van der Waals surface area contributed by atoms with Crippen molar-refractivity contribution in [3.63, 3.8) is 0 Å². The summed E-state index contributed by atoms with van der Waals surface area (Å²) in [5.74, 6) is -1.62. The van der Waals surface area contributed by atoms with Gasteiger partial charge in [-0.15, -0.1) is 0 Å². The largest absolute Gasteiger partial charge is 0.504 e. The molecule has 8 atom stereocenters. The Kier molecular flexibility index (Phi) is 10.3. The lowest BCUT2D eigenvalue weighted by Crippen LogP contribution is -2.60.